The van der Waals surface area contributed by atoms with Gasteiger partial charge in [0.05, 0.1) is 37.9 Å². The van der Waals surface area contributed by atoms with Crippen LogP contribution >= 0.6 is 0 Å². The first kappa shape index (κ1) is 28.2. The molecule has 9 nitrogen and oxygen atoms in total. The highest BCUT2D eigenvalue weighted by molar-refractivity contribution is 6.05. The van der Waals surface area contributed by atoms with Crippen LogP contribution in [0.4, 0.5) is 5.69 Å². The van der Waals surface area contributed by atoms with E-state index in [1.54, 1.807) is 49.3 Å². The monoisotopic (exact) mass is 572 g/mol. The molecule has 2 fully saturated rings. The van der Waals surface area contributed by atoms with Gasteiger partial charge in [0, 0.05) is 12.2 Å². The van der Waals surface area contributed by atoms with Crippen LogP contribution in [0.2, 0.25) is 0 Å². The number of cyclic esters (lactones) is 1. The Morgan fingerprint density at radius 1 is 0.976 bits per heavy atom. The average molecular weight is 573 g/mol. The highest BCUT2D eigenvalue weighted by atomic mass is 16.6. The van der Waals surface area contributed by atoms with Crippen molar-refractivity contribution in [2.24, 2.45) is 11.8 Å². The summed E-state index contributed by atoms with van der Waals surface area (Å²) in [5.74, 6) is -2.66. The number of rotatable bonds is 5. The van der Waals surface area contributed by atoms with Gasteiger partial charge in [-0.25, -0.2) is 0 Å². The van der Waals surface area contributed by atoms with Crippen molar-refractivity contribution in [2.75, 3.05) is 31.8 Å². The number of amides is 2. The average Bonchev–Trinajstić information content (AvgIpc) is 3.33. The number of aliphatic hydroxyl groups is 1. The molecule has 220 valence electrons. The summed E-state index contributed by atoms with van der Waals surface area (Å²) in [6.07, 6.45) is 9.83. The molecule has 2 saturated heterocycles. The second-order valence-electron chi connectivity index (χ2n) is 11.5. The van der Waals surface area contributed by atoms with Crippen LogP contribution in [0.1, 0.15) is 37.8 Å². The first-order chi connectivity index (χ1) is 20.3. The number of carbonyl (C=O) groups is 3. The van der Waals surface area contributed by atoms with Crippen LogP contribution in [0, 0.1) is 11.8 Å². The minimum Gasteiger partial charge on any atom is -0.497 e. The smallest absolute Gasteiger partial charge is 0.313 e. The highest BCUT2D eigenvalue weighted by Gasteiger charge is 2.75. The summed E-state index contributed by atoms with van der Waals surface area (Å²) in [6.45, 7) is 1.87. The minimum atomic E-state index is -1.46. The number of aliphatic hydroxyl groups excluding tert-OH is 1. The summed E-state index contributed by atoms with van der Waals surface area (Å²) in [5, 5.41) is 10.7. The van der Waals surface area contributed by atoms with Crippen LogP contribution in [0.3, 0.4) is 0 Å². The number of anilines is 1. The molecule has 6 atom stereocenters. The van der Waals surface area contributed by atoms with E-state index in [1.165, 1.54) is 4.90 Å². The molecule has 1 spiro atoms. The lowest BCUT2D eigenvalue weighted by Gasteiger charge is -2.40. The van der Waals surface area contributed by atoms with Gasteiger partial charge in [-0.2, -0.15) is 0 Å². The summed E-state index contributed by atoms with van der Waals surface area (Å²) in [5.41, 5.74) is -1.34. The number of fused-ring (bicyclic) bond motifs is 2. The third-order valence-electron chi connectivity index (χ3n) is 9.02. The summed E-state index contributed by atoms with van der Waals surface area (Å²) < 4.78 is 17.9. The SMILES string of the molecule is COc1ccc(N2CC=C[C@]34O[C@]5(C)/C=C\CCCCOC(=O)[C@@H]5[C@H]3C(=O)N([C@H](CO)c3ccccc3)C4C2=O)cc1. The Kier molecular flexibility index (Phi) is 7.41. The zero-order chi connectivity index (χ0) is 29.5. The van der Waals surface area contributed by atoms with Crippen LogP contribution < -0.4 is 9.64 Å². The number of likely N-dealkylation sites (tertiary alicyclic amines) is 1. The van der Waals surface area contributed by atoms with Crippen molar-refractivity contribution in [2.45, 2.75) is 49.5 Å². The Morgan fingerprint density at radius 3 is 2.45 bits per heavy atom. The molecule has 2 aromatic rings. The molecule has 0 saturated carbocycles. The Labute approximate surface area is 245 Å². The van der Waals surface area contributed by atoms with Crippen molar-refractivity contribution >= 4 is 23.5 Å². The largest absolute Gasteiger partial charge is 0.497 e. The zero-order valence-electron chi connectivity index (χ0n) is 23.8. The fourth-order valence-electron chi connectivity index (χ4n) is 7.10. The Balaban J connectivity index is 1.52. The van der Waals surface area contributed by atoms with Crippen LogP contribution in [-0.2, 0) is 23.9 Å². The minimum absolute atomic E-state index is 0.234. The molecule has 4 aliphatic rings. The molecule has 0 aliphatic carbocycles. The Morgan fingerprint density at radius 2 is 1.74 bits per heavy atom. The maximum atomic E-state index is 14.7. The maximum absolute atomic E-state index is 14.7. The second-order valence-corrected chi connectivity index (χ2v) is 11.5. The van der Waals surface area contributed by atoms with E-state index in [1.807, 2.05) is 48.6 Å². The predicted octanol–water partition coefficient (Wildman–Crippen LogP) is 3.59. The molecule has 4 heterocycles. The van der Waals surface area contributed by atoms with E-state index in [0.717, 1.165) is 12.8 Å². The van der Waals surface area contributed by atoms with Crippen molar-refractivity contribution < 1.29 is 33.7 Å². The number of ether oxygens (including phenoxy) is 3. The van der Waals surface area contributed by atoms with E-state index < -0.39 is 53.6 Å². The topological polar surface area (TPSA) is 106 Å². The number of nitrogens with zero attached hydrogens (tertiary/aromatic N) is 2. The van der Waals surface area contributed by atoms with E-state index >= 15 is 0 Å². The first-order valence-electron chi connectivity index (χ1n) is 14.5. The molecule has 0 bridgehead atoms. The lowest BCUT2D eigenvalue weighted by Crippen LogP contribution is -2.57. The highest BCUT2D eigenvalue weighted by Crippen LogP contribution is 2.58. The summed E-state index contributed by atoms with van der Waals surface area (Å²) in [6, 6.07) is 14.3. The first-order valence-corrected chi connectivity index (χ1v) is 14.5. The molecular weight excluding hydrogens is 536 g/mol. The van der Waals surface area contributed by atoms with Crippen LogP contribution in [0.15, 0.2) is 78.9 Å². The number of methoxy groups -OCH3 is 1. The Hall–Kier alpha value is -3.95. The van der Waals surface area contributed by atoms with E-state index in [0.29, 0.717) is 23.4 Å². The lowest BCUT2D eigenvalue weighted by molar-refractivity contribution is -0.160. The zero-order valence-corrected chi connectivity index (χ0v) is 23.8. The quantitative estimate of drug-likeness (QED) is 0.431. The van der Waals surface area contributed by atoms with E-state index in [-0.39, 0.29) is 19.1 Å². The fourth-order valence-corrected chi connectivity index (χ4v) is 7.10. The van der Waals surface area contributed by atoms with Crippen molar-refractivity contribution in [3.05, 3.63) is 84.5 Å². The molecule has 2 amide bonds. The van der Waals surface area contributed by atoms with E-state index in [9.17, 15) is 19.5 Å². The van der Waals surface area contributed by atoms with Crippen molar-refractivity contribution in [1.82, 2.24) is 4.90 Å². The van der Waals surface area contributed by atoms with E-state index in [2.05, 4.69) is 0 Å². The van der Waals surface area contributed by atoms with Gasteiger partial charge in [-0.05, 0) is 56.0 Å². The number of allylic oxidation sites excluding steroid dienone is 1. The molecular formula is C33H36N2O7. The van der Waals surface area contributed by atoms with Crippen molar-refractivity contribution in [1.29, 1.82) is 0 Å². The van der Waals surface area contributed by atoms with Crippen molar-refractivity contribution in [3.8, 4) is 5.75 Å². The van der Waals surface area contributed by atoms with Gasteiger partial charge in [0.15, 0.2) is 0 Å². The summed E-state index contributed by atoms with van der Waals surface area (Å²) in [7, 11) is 1.57. The molecule has 2 aromatic carbocycles. The van der Waals surface area contributed by atoms with Gasteiger partial charge in [-0.15, -0.1) is 0 Å². The number of carbonyl (C=O) groups excluding carboxylic acids is 3. The molecule has 6 rings (SSSR count). The molecule has 0 aromatic heterocycles. The Bertz CT molecular complexity index is 1410. The van der Waals surface area contributed by atoms with Gasteiger partial charge in [0.1, 0.15) is 23.3 Å². The molecule has 42 heavy (non-hydrogen) atoms. The predicted molar refractivity (Wildman–Crippen MR) is 155 cm³/mol. The van der Waals surface area contributed by atoms with Crippen LogP contribution in [0.5, 0.6) is 5.75 Å². The maximum Gasteiger partial charge on any atom is 0.313 e. The molecule has 1 unspecified atom stereocenters. The summed E-state index contributed by atoms with van der Waals surface area (Å²) in [4.78, 5) is 46.2. The molecule has 4 aliphatic heterocycles. The van der Waals surface area contributed by atoms with E-state index in [4.69, 9.17) is 14.2 Å². The van der Waals surface area contributed by atoms with Gasteiger partial charge < -0.3 is 29.1 Å². The normalized spacial score (nSPS) is 32.4. The number of esters is 1. The van der Waals surface area contributed by atoms with Gasteiger partial charge >= 0.3 is 5.97 Å². The summed E-state index contributed by atoms with van der Waals surface area (Å²) >= 11 is 0. The van der Waals surface area contributed by atoms with Crippen molar-refractivity contribution in [3.63, 3.8) is 0 Å². The molecule has 9 heteroatoms. The number of hydrogen-bond acceptors (Lipinski definition) is 7. The third kappa shape index (κ3) is 4.42. The van der Waals surface area contributed by atoms with Gasteiger partial charge in [-0.1, -0.05) is 54.6 Å². The molecule has 1 N–H and O–H groups in total. The second kappa shape index (κ2) is 11.0. The molecule has 0 radical (unpaired) electrons. The van der Waals surface area contributed by atoms with Gasteiger partial charge in [0.2, 0.25) is 5.91 Å². The van der Waals surface area contributed by atoms with Crippen LogP contribution in [-0.4, -0.2) is 71.9 Å². The fraction of sp³-hybridized carbons (Fsp3) is 0.424. The number of hydrogen-bond donors (Lipinski definition) is 1. The van der Waals surface area contributed by atoms with Gasteiger partial charge in [0.25, 0.3) is 5.91 Å². The van der Waals surface area contributed by atoms with Crippen LogP contribution in [0.25, 0.3) is 0 Å². The number of benzene rings is 2. The lowest BCUT2D eigenvalue weighted by atomic mass is 9.74. The van der Waals surface area contributed by atoms with Gasteiger partial charge in [-0.3, -0.25) is 14.4 Å². The standard InChI is InChI=1S/C33H36N2O7/c1-32-17-8-3-4-9-20-41-31(39)27(32)26-29(37)35(25(21-36)22-11-6-5-7-12-22)28-30(38)34(19-10-18-33(26,28)42-32)23-13-15-24(40-2)16-14-23/h5-8,10-18,25-28,36H,3-4,9,19-21H2,1-2H3/b17-8-/t25-,26+,27+,28?,32-,33+/m1/s1. The third-order valence-corrected chi connectivity index (χ3v) is 9.02.